The third-order valence-corrected chi connectivity index (χ3v) is 3.41. The lowest BCUT2D eigenvalue weighted by Gasteiger charge is -2.18. The summed E-state index contributed by atoms with van der Waals surface area (Å²) in [7, 11) is 1.86. The van der Waals surface area contributed by atoms with E-state index in [0.29, 0.717) is 0 Å². The van der Waals surface area contributed by atoms with Crippen LogP contribution in [0.1, 0.15) is 22.7 Å². The first-order valence-electron chi connectivity index (χ1n) is 5.80. The van der Waals surface area contributed by atoms with Crippen LogP contribution in [0.3, 0.4) is 0 Å². The molecule has 1 N–H and O–H groups in total. The Morgan fingerprint density at radius 1 is 1.11 bits per heavy atom. The first-order chi connectivity index (χ1) is 8.61. The van der Waals surface area contributed by atoms with E-state index in [1.165, 1.54) is 6.07 Å². The molecule has 2 rings (SSSR count). The van der Waals surface area contributed by atoms with Gasteiger partial charge in [-0.05, 0) is 48.9 Å². The van der Waals surface area contributed by atoms with E-state index in [2.05, 4.69) is 5.32 Å². The SMILES string of the molecule is CNC(c1cccc(F)c1)c1ccc(Cl)c(C)c1. The smallest absolute Gasteiger partial charge is 0.123 e. The monoisotopic (exact) mass is 263 g/mol. The van der Waals surface area contributed by atoms with E-state index in [9.17, 15) is 4.39 Å². The minimum absolute atomic E-state index is 0.0309. The second-order valence-corrected chi connectivity index (χ2v) is 4.69. The molecule has 0 aliphatic heterocycles. The molecule has 2 aromatic rings. The molecule has 0 aliphatic rings. The molecule has 1 atom stereocenters. The van der Waals surface area contributed by atoms with Gasteiger partial charge in [-0.2, -0.15) is 0 Å². The highest BCUT2D eigenvalue weighted by molar-refractivity contribution is 6.31. The van der Waals surface area contributed by atoms with Crippen LogP contribution in [0, 0.1) is 12.7 Å². The summed E-state index contributed by atoms with van der Waals surface area (Å²) in [5.41, 5.74) is 3.00. The Bertz CT molecular complexity index is 554. The van der Waals surface area contributed by atoms with Gasteiger partial charge in [-0.1, -0.05) is 35.9 Å². The zero-order valence-electron chi connectivity index (χ0n) is 10.4. The van der Waals surface area contributed by atoms with Crippen LogP contribution < -0.4 is 5.32 Å². The number of nitrogens with one attached hydrogen (secondary N) is 1. The number of aryl methyl sites for hydroxylation is 1. The number of hydrogen-bond donors (Lipinski definition) is 1. The van der Waals surface area contributed by atoms with Gasteiger partial charge in [0.1, 0.15) is 5.82 Å². The maximum absolute atomic E-state index is 13.3. The van der Waals surface area contributed by atoms with Crippen LogP contribution in [-0.2, 0) is 0 Å². The third kappa shape index (κ3) is 2.71. The predicted octanol–water partition coefficient (Wildman–Crippen LogP) is 4.10. The standard InChI is InChI=1S/C15H15ClFN/c1-10-8-12(6-7-14(10)16)15(18-2)11-4-3-5-13(17)9-11/h3-9,15,18H,1-2H3. The van der Waals surface area contributed by atoms with Crippen molar-refractivity contribution in [2.75, 3.05) is 7.05 Å². The van der Waals surface area contributed by atoms with Crippen molar-refractivity contribution in [2.45, 2.75) is 13.0 Å². The Balaban J connectivity index is 2.42. The van der Waals surface area contributed by atoms with Crippen LogP contribution in [0.2, 0.25) is 5.02 Å². The second kappa shape index (κ2) is 5.51. The van der Waals surface area contributed by atoms with Crippen LogP contribution in [0.4, 0.5) is 4.39 Å². The summed E-state index contributed by atoms with van der Waals surface area (Å²) in [6.07, 6.45) is 0. The lowest BCUT2D eigenvalue weighted by Crippen LogP contribution is -2.17. The van der Waals surface area contributed by atoms with E-state index in [-0.39, 0.29) is 11.9 Å². The number of rotatable bonds is 3. The fourth-order valence-electron chi connectivity index (χ4n) is 2.06. The Kier molecular flexibility index (Phi) is 4.00. The van der Waals surface area contributed by atoms with Crippen LogP contribution >= 0.6 is 11.6 Å². The summed E-state index contributed by atoms with van der Waals surface area (Å²) in [5, 5.41) is 3.94. The molecule has 0 saturated heterocycles. The summed E-state index contributed by atoms with van der Waals surface area (Å²) >= 11 is 6.02. The van der Waals surface area contributed by atoms with Gasteiger partial charge in [-0.15, -0.1) is 0 Å². The Morgan fingerprint density at radius 2 is 1.83 bits per heavy atom. The second-order valence-electron chi connectivity index (χ2n) is 4.29. The lowest BCUT2D eigenvalue weighted by molar-refractivity contribution is 0.616. The van der Waals surface area contributed by atoms with Gasteiger partial charge >= 0.3 is 0 Å². The van der Waals surface area contributed by atoms with Crippen LogP contribution in [0.5, 0.6) is 0 Å². The predicted molar refractivity (Wildman–Crippen MR) is 73.5 cm³/mol. The van der Waals surface area contributed by atoms with Crippen molar-refractivity contribution in [1.82, 2.24) is 5.32 Å². The highest BCUT2D eigenvalue weighted by atomic mass is 35.5. The molecular weight excluding hydrogens is 249 g/mol. The van der Waals surface area contributed by atoms with Gasteiger partial charge in [0, 0.05) is 5.02 Å². The van der Waals surface area contributed by atoms with Gasteiger partial charge in [-0.3, -0.25) is 0 Å². The molecule has 0 amide bonds. The summed E-state index contributed by atoms with van der Waals surface area (Å²) in [6, 6.07) is 12.4. The van der Waals surface area contributed by atoms with Crippen molar-refractivity contribution in [3.8, 4) is 0 Å². The number of benzene rings is 2. The number of hydrogen-bond acceptors (Lipinski definition) is 1. The maximum Gasteiger partial charge on any atom is 0.123 e. The van der Waals surface area contributed by atoms with Gasteiger partial charge in [0.05, 0.1) is 6.04 Å². The molecule has 0 heterocycles. The minimum Gasteiger partial charge on any atom is -0.309 e. The van der Waals surface area contributed by atoms with E-state index in [1.807, 2.05) is 38.2 Å². The maximum atomic E-state index is 13.3. The van der Waals surface area contributed by atoms with E-state index in [0.717, 1.165) is 21.7 Å². The number of halogens is 2. The molecule has 0 fully saturated rings. The van der Waals surface area contributed by atoms with E-state index < -0.39 is 0 Å². The Hall–Kier alpha value is -1.38. The van der Waals surface area contributed by atoms with Crippen LogP contribution in [-0.4, -0.2) is 7.05 Å². The normalized spacial score (nSPS) is 12.4. The minimum atomic E-state index is -0.224. The highest BCUT2D eigenvalue weighted by Gasteiger charge is 2.13. The molecule has 0 bridgehead atoms. The molecule has 0 spiro atoms. The molecule has 0 saturated carbocycles. The van der Waals surface area contributed by atoms with Crippen molar-refractivity contribution in [3.63, 3.8) is 0 Å². The van der Waals surface area contributed by atoms with Gasteiger partial charge in [0.15, 0.2) is 0 Å². The van der Waals surface area contributed by atoms with Gasteiger partial charge in [-0.25, -0.2) is 4.39 Å². The molecule has 1 nitrogen and oxygen atoms in total. The Labute approximate surface area is 112 Å². The molecule has 2 aromatic carbocycles. The molecule has 3 heteroatoms. The quantitative estimate of drug-likeness (QED) is 0.879. The summed E-state index contributed by atoms with van der Waals surface area (Å²) in [6.45, 7) is 1.96. The first-order valence-corrected chi connectivity index (χ1v) is 6.18. The highest BCUT2D eigenvalue weighted by Crippen LogP contribution is 2.25. The third-order valence-electron chi connectivity index (χ3n) is 2.99. The van der Waals surface area contributed by atoms with Crippen molar-refractivity contribution in [2.24, 2.45) is 0 Å². The fraction of sp³-hybridized carbons (Fsp3) is 0.200. The van der Waals surface area contributed by atoms with E-state index in [4.69, 9.17) is 11.6 Å². The van der Waals surface area contributed by atoms with Gasteiger partial charge in [0.25, 0.3) is 0 Å². The van der Waals surface area contributed by atoms with Crippen LogP contribution in [0.25, 0.3) is 0 Å². The summed E-state index contributed by atoms with van der Waals surface area (Å²) in [4.78, 5) is 0. The van der Waals surface area contributed by atoms with E-state index >= 15 is 0 Å². The lowest BCUT2D eigenvalue weighted by atomic mass is 9.97. The van der Waals surface area contributed by atoms with Crippen molar-refractivity contribution in [1.29, 1.82) is 0 Å². The molecule has 0 radical (unpaired) electrons. The van der Waals surface area contributed by atoms with Crippen molar-refractivity contribution >= 4 is 11.6 Å². The first kappa shape index (κ1) is 13.1. The summed E-state index contributed by atoms with van der Waals surface area (Å²) < 4.78 is 13.3. The molecule has 94 valence electrons. The molecule has 0 aromatic heterocycles. The Morgan fingerprint density at radius 3 is 2.44 bits per heavy atom. The zero-order valence-corrected chi connectivity index (χ0v) is 11.1. The average Bonchev–Trinajstić information content (AvgIpc) is 2.35. The topological polar surface area (TPSA) is 12.0 Å². The molecule has 18 heavy (non-hydrogen) atoms. The largest absolute Gasteiger partial charge is 0.309 e. The van der Waals surface area contributed by atoms with E-state index in [1.54, 1.807) is 12.1 Å². The fourth-order valence-corrected chi connectivity index (χ4v) is 2.18. The zero-order chi connectivity index (χ0) is 13.1. The molecule has 0 aliphatic carbocycles. The summed E-state index contributed by atoms with van der Waals surface area (Å²) in [5.74, 6) is -0.224. The average molecular weight is 264 g/mol. The van der Waals surface area contributed by atoms with Gasteiger partial charge in [0.2, 0.25) is 0 Å². The molecule has 1 unspecified atom stereocenters. The van der Waals surface area contributed by atoms with Crippen LogP contribution in [0.15, 0.2) is 42.5 Å². The van der Waals surface area contributed by atoms with Crippen molar-refractivity contribution in [3.05, 3.63) is 70.0 Å². The van der Waals surface area contributed by atoms with Crippen molar-refractivity contribution < 1.29 is 4.39 Å². The molecular formula is C15H15ClFN. The van der Waals surface area contributed by atoms with Gasteiger partial charge < -0.3 is 5.32 Å².